The third kappa shape index (κ3) is 2.88. The predicted octanol–water partition coefficient (Wildman–Crippen LogP) is 0.544. The maximum atomic E-state index is 10.6. The van der Waals surface area contributed by atoms with Crippen LogP contribution in [0, 0.1) is 11.3 Å². The number of nitrogens with zero attached hydrogens (tertiary/aromatic N) is 2. The van der Waals surface area contributed by atoms with Crippen LogP contribution in [0.5, 0.6) is 0 Å². The standard InChI is InChI=1S/C7H10N2O/c1-6(4-8)5-9(3)7(2)10/h1,5H2,2-3H3. The molecule has 0 radical (unpaired) electrons. The smallest absolute Gasteiger partial charge is 0.219 e. The van der Waals surface area contributed by atoms with E-state index in [9.17, 15) is 4.79 Å². The Hall–Kier alpha value is -1.30. The van der Waals surface area contributed by atoms with Crippen molar-refractivity contribution in [3.05, 3.63) is 12.2 Å². The molecule has 0 saturated carbocycles. The first kappa shape index (κ1) is 8.70. The number of likely N-dealkylation sites (N-methyl/N-ethyl adjacent to an activating group) is 1. The molecule has 0 saturated heterocycles. The summed E-state index contributed by atoms with van der Waals surface area (Å²) in [6, 6.07) is 1.86. The van der Waals surface area contributed by atoms with Crippen molar-refractivity contribution >= 4 is 5.91 Å². The molecule has 0 aromatic rings. The van der Waals surface area contributed by atoms with Crippen LogP contribution in [0.4, 0.5) is 0 Å². The van der Waals surface area contributed by atoms with Gasteiger partial charge in [-0.15, -0.1) is 0 Å². The minimum absolute atomic E-state index is 0.0589. The Kier molecular flexibility index (Phi) is 3.20. The molecule has 0 atom stereocenters. The molecule has 0 rings (SSSR count). The Morgan fingerprint density at radius 3 is 2.60 bits per heavy atom. The van der Waals surface area contributed by atoms with Gasteiger partial charge in [0.15, 0.2) is 0 Å². The van der Waals surface area contributed by atoms with E-state index in [-0.39, 0.29) is 5.91 Å². The van der Waals surface area contributed by atoms with E-state index in [0.29, 0.717) is 12.1 Å². The molecule has 0 heterocycles. The van der Waals surface area contributed by atoms with E-state index in [1.807, 2.05) is 6.07 Å². The average Bonchev–Trinajstić information content (AvgIpc) is 1.87. The van der Waals surface area contributed by atoms with Crippen molar-refractivity contribution in [3.8, 4) is 6.07 Å². The maximum absolute atomic E-state index is 10.6. The van der Waals surface area contributed by atoms with E-state index in [1.165, 1.54) is 11.8 Å². The van der Waals surface area contributed by atoms with Crippen LogP contribution in [-0.2, 0) is 4.79 Å². The molecule has 0 spiro atoms. The third-order valence-electron chi connectivity index (χ3n) is 1.12. The number of carbonyl (C=O) groups is 1. The van der Waals surface area contributed by atoms with Crippen LogP contribution in [0.2, 0.25) is 0 Å². The molecule has 10 heavy (non-hydrogen) atoms. The molecule has 0 fully saturated rings. The van der Waals surface area contributed by atoms with Crippen LogP contribution in [0.3, 0.4) is 0 Å². The molecular weight excluding hydrogens is 128 g/mol. The lowest BCUT2D eigenvalue weighted by atomic mass is 10.3. The van der Waals surface area contributed by atoms with Crippen molar-refractivity contribution in [2.45, 2.75) is 6.92 Å². The van der Waals surface area contributed by atoms with Crippen LogP contribution >= 0.6 is 0 Å². The summed E-state index contributed by atoms with van der Waals surface area (Å²) >= 11 is 0. The Labute approximate surface area is 60.6 Å². The van der Waals surface area contributed by atoms with Gasteiger partial charge in [0.25, 0.3) is 0 Å². The van der Waals surface area contributed by atoms with Gasteiger partial charge in [-0.1, -0.05) is 6.58 Å². The molecule has 0 unspecified atom stereocenters. The molecule has 0 aromatic heterocycles. The lowest BCUT2D eigenvalue weighted by molar-refractivity contribution is -0.127. The molecule has 0 aliphatic carbocycles. The van der Waals surface area contributed by atoms with Gasteiger partial charge in [-0.05, 0) is 0 Å². The third-order valence-corrected chi connectivity index (χ3v) is 1.12. The monoisotopic (exact) mass is 138 g/mol. The van der Waals surface area contributed by atoms with Gasteiger partial charge in [0, 0.05) is 19.5 Å². The van der Waals surface area contributed by atoms with E-state index in [0.717, 1.165) is 0 Å². The van der Waals surface area contributed by atoms with Crippen LogP contribution < -0.4 is 0 Å². The fraction of sp³-hybridized carbons (Fsp3) is 0.429. The molecule has 0 bridgehead atoms. The number of nitriles is 1. The number of amides is 1. The highest BCUT2D eigenvalue weighted by Gasteiger charge is 2.01. The molecule has 54 valence electrons. The Balaban J connectivity index is 3.82. The first-order valence-electron chi connectivity index (χ1n) is 2.87. The first-order chi connectivity index (χ1) is 4.57. The van der Waals surface area contributed by atoms with Crippen molar-refractivity contribution in [1.29, 1.82) is 5.26 Å². The normalized spacial score (nSPS) is 8.10. The fourth-order valence-electron chi connectivity index (χ4n) is 0.433. The molecule has 0 aliphatic rings. The largest absolute Gasteiger partial charge is 0.341 e. The highest BCUT2D eigenvalue weighted by molar-refractivity contribution is 5.73. The van der Waals surface area contributed by atoms with E-state index in [2.05, 4.69) is 6.58 Å². The minimum Gasteiger partial charge on any atom is -0.341 e. The summed E-state index contributed by atoms with van der Waals surface area (Å²) in [5, 5.41) is 8.28. The summed E-state index contributed by atoms with van der Waals surface area (Å²) in [4.78, 5) is 12.0. The Bertz CT molecular complexity index is 190. The molecule has 3 nitrogen and oxygen atoms in total. The van der Waals surface area contributed by atoms with Crippen LogP contribution in [0.1, 0.15) is 6.92 Å². The summed E-state index contributed by atoms with van der Waals surface area (Å²) in [6.07, 6.45) is 0. The Morgan fingerprint density at radius 2 is 2.30 bits per heavy atom. The second kappa shape index (κ2) is 3.67. The van der Waals surface area contributed by atoms with Crippen LogP contribution in [0.15, 0.2) is 12.2 Å². The van der Waals surface area contributed by atoms with Gasteiger partial charge in [-0.3, -0.25) is 4.79 Å². The number of hydrogen-bond donors (Lipinski definition) is 0. The quantitative estimate of drug-likeness (QED) is 0.523. The highest BCUT2D eigenvalue weighted by Crippen LogP contribution is 1.91. The number of carbonyl (C=O) groups excluding carboxylic acids is 1. The van der Waals surface area contributed by atoms with Crippen molar-refractivity contribution in [2.24, 2.45) is 0 Å². The molecule has 0 aromatic carbocycles. The second-order valence-electron chi connectivity index (χ2n) is 2.09. The number of rotatable bonds is 2. The van der Waals surface area contributed by atoms with E-state index >= 15 is 0 Å². The SMILES string of the molecule is C=C(C#N)CN(C)C(C)=O. The van der Waals surface area contributed by atoms with Gasteiger partial charge < -0.3 is 4.90 Å². The van der Waals surface area contributed by atoms with Crippen molar-refractivity contribution in [2.75, 3.05) is 13.6 Å². The van der Waals surface area contributed by atoms with E-state index in [4.69, 9.17) is 5.26 Å². The first-order valence-corrected chi connectivity index (χ1v) is 2.87. The van der Waals surface area contributed by atoms with Gasteiger partial charge in [-0.25, -0.2) is 0 Å². The van der Waals surface area contributed by atoms with Crippen LogP contribution in [-0.4, -0.2) is 24.4 Å². The molecule has 0 N–H and O–H groups in total. The number of hydrogen-bond acceptors (Lipinski definition) is 2. The van der Waals surface area contributed by atoms with Crippen molar-refractivity contribution < 1.29 is 4.79 Å². The van der Waals surface area contributed by atoms with E-state index < -0.39 is 0 Å². The van der Waals surface area contributed by atoms with Gasteiger partial charge in [-0.2, -0.15) is 5.26 Å². The summed E-state index contributed by atoms with van der Waals surface area (Å²) in [7, 11) is 1.63. The zero-order chi connectivity index (χ0) is 8.15. The molecule has 0 aliphatic heterocycles. The van der Waals surface area contributed by atoms with Crippen LogP contribution in [0.25, 0.3) is 0 Å². The second-order valence-corrected chi connectivity index (χ2v) is 2.09. The summed E-state index contributed by atoms with van der Waals surface area (Å²) in [5.74, 6) is -0.0589. The molecule has 1 amide bonds. The minimum atomic E-state index is -0.0589. The summed E-state index contributed by atoms with van der Waals surface area (Å²) < 4.78 is 0. The van der Waals surface area contributed by atoms with Gasteiger partial charge >= 0.3 is 0 Å². The molecule has 3 heteroatoms. The van der Waals surface area contributed by atoms with Gasteiger partial charge in [0.2, 0.25) is 5.91 Å². The van der Waals surface area contributed by atoms with E-state index in [1.54, 1.807) is 7.05 Å². The lowest BCUT2D eigenvalue weighted by Gasteiger charge is -2.12. The van der Waals surface area contributed by atoms with Crippen molar-refractivity contribution in [1.82, 2.24) is 4.90 Å². The lowest BCUT2D eigenvalue weighted by Crippen LogP contribution is -2.25. The average molecular weight is 138 g/mol. The zero-order valence-electron chi connectivity index (χ0n) is 6.22. The van der Waals surface area contributed by atoms with Gasteiger partial charge in [0.1, 0.15) is 0 Å². The zero-order valence-corrected chi connectivity index (χ0v) is 6.22. The Morgan fingerprint density at radius 1 is 1.80 bits per heavy atom. The predicted molar refractivity (Wildman–Crippen MR) is 38.1 cm³/mol. The van der Waals surface area contributed by atoms with Crippen molar-refractivity contribution in [3.63, 3.8) is 0 Å². The van der Waals surface area contributed by atoms with Gasteiger partial charge in [0.05, 0.1) is 12.6 Å². The molecular formula is C7H10N2O. The maximum Gasteiger partial charge on any atom is 0.219 e. The topological polar surface area (TPSA) is 44.1 Å². The fourth-order valence-corrected chi connectivity index (χ4v) is 0.433. The highest BCUT2D eigenvalue weighted by atomic mass is 16.2. The summed E-state index contributed by atoms with van der Waals surface area (Å²) in [5.41, 5.74) is 0.401. The summed E-state index contributed by atoms with van der Waals surface area (Å²) in [6.45, 7) is 5.21.